The van der Waals surface area contributed by atoms with Crippen LogP contribution >= 0.6 is 0 Å². The fraction of sp³-hybridized carbons (Fsp3) is 0.500. The third kappa shape index (κ3) is 3.24. The van der Waals surface area contributed by atoms with E-state index in [1.54, 1.807) is 11.6 Å². The second-order valence-electron chi connectivity index (χ2n) is 6.91. The van der Waals surface area contributed by atoms with E-state index in [9.17, 15) is 9.59 Å². The molecule has 1 unspecified atom stereocenters. The first-order valence-corrected chi connectivity index (χ1v) is 9.28. The average molecular weight is 369 g/mol. The van der Waals surface area contributed by atoms with Gasteiger partial charge in [0.2, 0.25) is 5.91 Å². The van der Waals surface area contributed by atoms with Gasteiger partial charge in [0.1, 0.15) is 23.4 Å². The van der Waals surface area contributed by atoms with E-state index in [0.29, 0.717) is 19.6 Å². The minimum atomic E-state index is -0.108. The number of nitrogens with zero attached hydrogens (tertiary/aromatic N) is 7. The fourth-order valence-electron chi connectivity index (χ4n) is 3.73. The molecule has 0 bridgehead atoms. The van der Waals surface area contributed by atoms with Crippen LogP contribution < -0.4 is 5.69 Å². The number of aryl methyl sites for hydroxylation is 1. The lowest BCUT2D eigenvalue weighted by atomic mass is 9.97. The Morgan fingerprint density at radius 2 is 1.89 bits per heavy atom. The van der Waals surface area contributed by atoms with E-state index in [1.165, 1.54) is 9.48 Å². The van der Waals surface area contributed by atoms with E-state index >= 15 is 0 Å². The van der Waals surface area contributed by atoms with E-state index in [-0.39, 0.29) is 24.1 Å². The van der Waals surface area contributed by atoms with Crippen molar-refractivity contribution in [3.8, 4) is 0 Å². The maximum Gasteiger partial charge on any atom is 0.345 e. The Morgan fingerprint density at radius 3 is 2.56 bits per heavy atom. The van der Waals surface area contributed by atoms with Crippen LogP contribution in [0.2, 0.25) is 0 Å². The first kappa shape index (κ1) is 17.4. The van der Waals surface area contributed by atoms with Crippen LogP contribution in [0.3, 0.4) is 0 Å². The van der Waals surface area contributed by atoms with Gasteiger partial charge in [0.05, 0.1) is 0 Å². The summed E-state index contributed by atoms with van der Waals surface area (Å²) >= 11 is 0. The number of fused-ring (bicyclic) bond motifs is 1. The van der Waals surface area contributed by atoms with E-state index in [4.69, 9.17) is 0 Å². The molecule has 9 nitrogen and oxygen atoms in total. The molecular formula is C18H23N7O2. The monoisotopic (exact) mass is 369 g/mol. The summed E-state index contributed by atoms with van der Waals surface area (Å²) in [6.07, 6.45) is 1.81. The number of piperidine rings is 1. The van der Waals surface area contributed by atoms with Crippen molar-refractivity contribution in [2.75, 3.05) is 13.1 Å². The minimum Gasteiger partial charge on any atom is -0.340 e. The maximum atomic E-state index is 12.8. The normalized spacial score (nSPS) is 17.6. The van der Waals surface area contributed by atoms with Crippen molar-refractivity contribution in [2.45, 2.75) is 38.8 Å². The quantitative estimate of drug-likeness (QED) is 0.677. The highest BCUT2D eigenvalue weighted by Crippen LogP contribution is 2.25. The summed E-state index contributed by atoms with van der Waals surface area (Å²) in [5, 5.41) is 13.1. The zero-order valence-corrected chi connectivity index (χ0v) is 15.6. The van der Waals surface area contributed by atoms with E-state index in [0.717, 1.165) is 29.7 Å². The molecule has 1 aromatic carbocycles. The molecule has 2 aromatic heterocycles. The van der Waals surface area contributed by atoms with E-state index in [2.05, 4.69) is 15.3 Å². The number of rotatable bonds is 4. The molecule has 1 amide bonds. The molecule has 9 heteroatoms. The number of hydrogen-bond acceptors (Lipinski definition) is 5. The van der Waals surface area contributed by atoms with Crippen LogP contribution in [-0.2, 0) is 24.9 Å². The summed E-state index contributed by atoms with van der Waals surface area (Å²) in [4.78, 5) is 28.2. The number of aromatic nitrogens is 6. The van der Waals surface area contributed by atoms with Crippen LogP contribution in [0.1, 0.15) is 31.5 Å². The van der Waals surface area contributed by atoms with Gasteiger partial charge in [-0.05, 0) is 31.9 Å². The van der Waals surface area contributed by atoms with E-state index < -0.39 is 0 Å². The van der Waals surface area contributed by atoms with Gasteiger partial charge in [-0.25, -0.2) is 9.48 Å². The highest BCUT2D eigenvalue weighted by molar-refractivity contribution is 5.77. The molecule has 1 saturated heterocycles. The van der Waals surface area contributed by atoms with Crippen molar-refractivity contribution in [3.05, 3.63) is 40.6 Å². The number of likely N-dealkylation sites (tertiary alicyclic amines) is 1. The molecule has 0 radical (unpaired) electrons. The Bertz CT molecular complexity index is 999. The Balaban J connectivity index is 1.50. The van der Waals surface area contributed by atoms with Crippen molar-refractivity contribution in [1.82, 2.24) is 34.2 Å². The predicted octanol–water partition coefficient (Wildman–Crippen LogP) is 0.753. The van der Waals surface area contributed by atoms with Gasteiger partial charge in [-0.15, -0.1) is 0 Å². The largest absolute Gasteiger partial charge is 0.345 e. The van der Waals surface area contributed by atoms with Crippen LogP contribution in [0.15, 0.2) is 29.1 Å². The Labute approximate surface area is 156 Å². The highest BCUT2D eigenvalue weighted by atomic mass is 16.2. The summed E-state index contributed by atoms with van der Waals surface area (Å²) in [5.41, 5.74) is 1.45. The second-order valence-corrected chi connectivity index (χ2v) is 6.91. The third-order valence-electron chi connectivity index (χ3n) is 5.10. The summed E-state index contributed by atoms with van der Waals surface area (Å²) in [7, 11) is 1.66. The molecular weight excluding hydrogens is 346 g/mol. The fourth-order valence-corrected chi connectivity index (χ4v) is 3.73. The smallest absolute Gasteiger partial charge is 0.340 e. The van der Waals surface area contributed by atoms with Gasteiger partial charge in [0.15, 0.2) is 0 Å². The average Bonchev–Trinajstić information content (AvgIpc) is 3.22. The summed E-state index contributed by atoms with van der Waals surface area (Å²) in [6.45, 7) is 3.90. The zero-order chi connectivity index (χ0) is 19.0. The van der Waals surface area contributed by atoms with Gasteiger partial charge in [-0.3, -0.25) is 9.36 Å². The maximum absolute atomic E-state index is 12.8. The SMILES string of the molecule is CCn1c(C2CCCN(C(=O)Cn3nc4ccccc4n3)C2)nn(C)c1=O. The molecule has 4 rings (SSSR count). The lowest BCUT2D eigenvalue weighted by Gasteiger charge is -2.32. The number of amides is 1. The van der Waals surface area contributed by atoms with E-state index in [1.807, 2.05) is 36.1 Å². The van der Waals surface area contributed by atoms with Crippen molar-refractivity contribution in [2.24, 2.45) is 7.05 Å². The molecule has 3 aromatic rings. The molecule has 0 spiro atoms. The van der Waals surface area contributed by atoms with Crippen molar-refractivity contribution in [3.63, 3.8) is 0 Å². The number of benzene rings is 1. The number of hydrogen-bond donors (Lipinski definition) is 0. The molecule has 0 saturated carbocycles. The summed E-state index contributed by atoms with van der Waals surface area (Å²) in [6, 6.07) is 7.56. The predicted molar refractivity (Wildman–Crippen MR) is 99.2 cm³/mol. The molecule has 1 atom stereocenters. The van der Waals surface area contributed by atoms with Crippen LogP contribution in [0, 0.1) is 0 Å². The molecule has 142 valence electrons. The lowest BCUT2D eigenvalue weighted by molar-refractivity contribution is -0.133. The third-order valence-corrected chi connectivity index (χ3v) is 5.10. The number of carbonyl (C=O) groups excluding carboxylic acids is 1. The molecule has 27 heavy (non-hydrogen) atoms. The molecule has 0 N–H and O–H groups in total. The zero-order valence-electron chi connectivity index (χ0n) is 15.6. The molecule has 0 aliphatic carbocycles. The van der Waals surface area contributed by atoms with Crippen molar-refractivity contribution in [1.29, 1.82) is 0 Å². The van der Waals surface area contributed by atoms with Gasteiger partial charge in [0, 0.05) is 32.6 Å². The lowest BCUT2D eigenvalue weighted by Crippen LogP contribution is -2.41. The standard InChI is InChI=1S/C18H23N7O2/c1-3-24-17(21-22(2)18(24)27)13-7-6-10-23(11-13)16(26)12-25-19-14-8-4-5-9-15(14)20-25/h4-5,8-9,13H,3,6-7,10-12H2,1-2H3. The molecule has 1 aliphatic heterocycles. The van der Waals surface area contributed by atoms with Gasteiger partial charge >= 0.3 is 5.69 Å². The molecule has 3 heterocycles. The Morgan fingerprint density at radius 1 is 1.19 bits per heavy atom. The first-order valence-electron chi connectivity index (χ1n) is 9.28. The van der Waals surface area contributed by atoms with Crippen LogP contribution in [-0.4, -0.2) is 53.2 Å². The minimum absolute atomic E-state index is 0.0127. The summed E-state index contributed by atoms with van der Waals surface area (Å²) in [5.74, 6) is 0.827. The van der Waals surface area contributed by atoms with Gasteiger partial charge in [0.25, 0.3) is 0 Å². The van der Waals surface area contributed by atoms with Gasteiger partial charge < -0.3 is 4.90 Å². The van der Waals surface area contributed by atoms with Crippen molar-refractivity contribution >= 4 is 16.9 Å². The van der Waals surface area contributed by atoms with Gasteiger partial charge in [-0.1, -0.05) is 12.1 Å². The molecule has 1 fully saturated rings. The van der Waals surface area contributed by atoms with Crippen LogP contribution in [0.5, 0.6) is 0 Å². The Kier molecular flexibility index (Phi) is 4.51. The van der Waals surface area contributed by atoms with Gasteiger partial charge in [-0.2, -0.15) is 20.1 Å². The second kappa shape index (κ2) is 6.98. The van der Waals surface area contributed by atoms with Crippen LogP contribution in [0.25, 0.3) is 11.0 Å². The number of carbonyl (C=O) groups is 1. The van der Waals surface area contributed by atoms with Crippen LogP contribution in [0.4, 0.5) is 0 Å². The highest BCUT2D eigenvalue weighted by Gasteiger charge is 2.29. The first-order chi connectivity index (χ1) is 13.1. The Hall–Kier alpha value is -2.97. The van der Waals surface area contributed by atoms with Crippen molar-refractivity contribution < 1.29 is 4.79 Å². The molecule has 1 aliphatic rings. The topological polar surface area (TPSA) is 90.8 Å². The summed E-state index contributed by atoms with van der Waals surface area (Å²) < 4.78 is 3.07.